The summed E-state index contributed by atoms with van der Waals surface area (Å²) in [6.45, 7) is 6.79. The molecule has 8 amide bonds. The Morgan fingerprint density at radius 1 is 0.656 bits per heavy atom. The molecule has 348 valence electrons. The van der Waals surface area contributed by atoms with Crippen molar-refractivity contribution in [2.45, 2.75) is 147 Å². The quantitative estimate of drug-likeness (QED) is 0.0328. The average Bonchev–Trinajstić information content (AvgIpc) is 3.71. The summed E-state index contributed by atoms with van der Waals surface area (Å²) in [5, 5.41) is 47.2. The lowest BCUT2D eigenvalue weighted by Gasteiger charge is -2.32. The summed E-state index contributed by atoms with van der Waals surface area (Å²) in [7, 11) is 0. The van der Waals surface area contributed by atoms with Crippen molar-refractivity contribution in [1.82, 2.24) is 42.1 Å². The van der Waals surface area contributed by atoms with Crippen molar-refractivity contribution in [1.29, 1.82) is 0 Å². The van der Waals surface area contributed by atoms with E-state index in [0.29, 0.717) is 51.6 Å². The number of carbonyl (C=O) groups is 9. The molecule has 23 nitrogen and oxygen atoms in total. The van der Waals surface area contributed by atoms with Crippen LogP contribution in [0.5, 0.6) is 0 Å². The van der Waals surface area contributed by atoms with Gasteiger partial charge in [-0.15, -0.1) is 0 Å². The van der Waals surface area contributed by atoms with Crippen molar-refractivity contribution in [2.75, 3.05) is 32.7 Å². The second-order valence-electron chi connectivity index (χ2n) is 15.4. The van der Waals surface area contributed by atoms with Gasteiger partial charge in [0, 0.05) is 6.54 Å². The molecule has 0 aromatic heterocycles. The van der Waals surface area contributed by atoms with E-state index in [4.69, 9.17) is 22.3 Å². The minimum atomic E-state index is -1.65. The Morgan fingerprint density at radius 3 is 1.67 bits per heavy atom. The molecule has 1 rings (SSSR count). The van der Waals surface area contributed by atoms with Crippen LogP contribution >= 0.6 is 0 Å². The number of nitrogens with one attached hydrogen (secondary N) is 7. The molecule has 0 aromatic carbocycles. The Balaban J connectivity index is 3.23. The summed E-state index contributed by atoms with van der Waals surface area (Å²) in [6.07, 6.45) is 0.00741. The minimum Gasteiger partial charge on any atom is -0.480 e. The Hall–Kier alpha value is -4.97. The molecular formula is C38H69N11O12. The van der Waals surface area contributed by atoms with E-state index in [1.807, 2.05) is 0 Å². The zero-order valence-corrected chi connectivity index (χ0v) is 35.9. The standard InChI is InChI=1S/C38H69N11O12/c1-6-20(2)29(36(59)43-18-27(52)42-19-28(53)54)46-33(56)25(13-8-10-16-40)45-35(58)26-14-11-17-49(26)38(61)31(23(5)51)48-37(60)30(22(4)50)47-34(57)24(12-7-9-15-39)44-32(55)21(3)41/h20-26,29-31,50-51H,6-19,39-41H2,1-5H3,(H,42,52)(H,43,59)(H,44,55)(H,45,58)(H,46,56)(H,47,57)(H,48,60)(H,53,54)/t20-,21-,22+,23+,24-,25-,26-,29-,30-,31-/m0/s1. The third-order valence-corrected chi connectivity index (χ3v) is 10.2. The summed E-state index contributed by atoms with van der Waals surface area (Å²) >= 11 is 0. The molecule has 0 saturated carbocycles. The van der Waals surface area contributed by atoms with E-state index >= 15 is 0 Å². The van der Waals surface area contributed by atoms with Crippen molar-refractivity contribution >= 4 is 53.2 Å². The number of aliphatic hydroxyl groups excluding tert-OH is 2. The van der Waals surface area contributed by atoms with Crippen LogP contribution in [0, 0.1) is 5.92 Å². The second kappa shape index (κ2) is 27.8. The van der Waals surface area contributed by atoms with Crippen LogP contribution in [0.1, 0.15) is 92.4 Å². The molecule has 0 aliphatic carbocycles. The number of carboxylic acids is 1. The first-order chi connectivity index (χ1) is 28.7. The van der Waals surface area contributed by atoms with Gasteiger partial charge in [0.25, 0.3) is 0 Å². The van der Waals surface area contributed by atoms with E-state index in [1.165, 1.54) is 20.8 Å². The number of hydrogen-bond donors (Lipinski definition) is 13. The maximum Gasteiger partial charge on any atom is 0.322 e. The molecule has 1 aliphatic heterocycles. The van der Waals surface area contributed by atoms with E-state index < -0.39 is 127 Å². The first-order valence-electron chi connectivity index (χ1n) is 20.8. The van der Waals surface area contributed by atoms with Gasteiger partial charge in [-0.05, 0) is 91.1 Å². The van der Waals surface area contributed by atoms with Gasteiger partial charge in [0.05, 0.1) is 24.8 Å². The number of aliphatic carboxylic acids is 1. The summed E-state index contributed by atoms with van der Waals surface area (Å²) in [5.74, 6) is -7.98. The molecule has 1 aliphatic rings. The molecule has 0 radical (unpaired) electrons. The highest BCUT2D eigenvalue weighted by molar-refractivity contribution is 5.98. The monoisotopic (exact) mass is 872 g/mol. The zero-order valence-electron chi connectivity index (χ0n) is 35.9. The van der Waals surface area contributed by atoms with E-state index in [9.17, 15) is 53.4 Å². The molecule has 61 heavy (non-hydrogen) atoms. The van der Waals surface area contributed by atoms with Crippen LogP contribution in [0.4, 0.5) is 0 Å². The number of hydrogen-bond acceptors (Lipinski definition) is 14. The molecule has 23 heteroatoms. The number of nitrogens with two attached hydrogens (primary N) is 3. The van der Waals surface area contributed by atoms with Crippen LogP contribution in [0.15, 0.2) is 0 Å². The fraction of sp³-hybridized carbons (Fsp3) is 0.763. The van der Waals surface area contributed by atoms with E-state index in [-0.39, 0.29) is 25.8 Å². The van der Waals surface area contributed by atoms with Gasteiger partial charge in [0.1, 0.15) is 42.8 Å². The van der Waals surface area contributed by atoms with Gasteiger partial charge >= 0.3 is 5.97 Å². The Bertz CT molecular complexity index is 1500. The van der Waals surface area contributed by atoms with Gasteiger partial charge < -0.3 is 74.6 Å². The van der Waals surface area contributed by atoms with Crippen LogP contribution in [-0.4, -0.2) is 161 Å². The van der Waals surface area contributed by atoms with Crippen LogP contribution in [0.25, 0.3) is 0 Å². The lowest BCUT2D eigenvalue weighted by molar-refractivity contribution is -0.145. The Kier molecular flexibility index (Phi) is 24.6. The number of amides is 8. The first kappa shape index (κ1) is 54.0. The highest BCUT2D eigenvalue weighted by atomic mass is 16.4. The highest BCUT2D eigenvalue weighted by Gasteiger charge is 2.42. The molecule has 0 aromatic rings. The molecule has 0 bridgehead atoms. The number of aliphatic hydroxyl groups is 2. The van der Waals surface area contributed by atoms with Crippen LogP contribution in [-0.2, 0) is 43.2 Å². The molecular weight excluding hydrogens is 802 g/mol. The predicted octanol–water partition coefficient (Wildman–Crippen LogP) is -4.87. The van der Waals surface area contributed by atoms with Crippen LogP contribution in [0.2, 0.25) is 0 Å². The smallest absolute Gasteiger partial charge is 0.322 e. The molecule has 1 heterocycles. The number of unbranched alkanes of at least 4 members (excludes halogenated alkanes) is 2. The van der Waals surface area contributed by atoms with Crippen LogP contribution < -0.4 is 54.4 Å². The number of rotatable bonds is 28. The predicted molar refractivity (Wildman–Crippen MR) is 220 cm³/mol. The van der Waals surface area contributed by atoms with E-state index in [1.54, 1.807) is 13.8 Å². The maximum absolute atomic E-state index is 14.0. The number of likely N-dealkylation sites (tertiary alicyclic amines) is 1. The molecule has 0 unspecified atom stereocenters. The SMILES string of the molecule is CC[C@H](C)[C@H](NC(=O)[C@H](CCCCN)NC(=O)[C@@H]1CCCN1C(=O)[C@@H](NC(=O)[C@@H](NC(=O)[C@H](CCCCN)NC(=O)[C@H](C)N)[C@@H](C)O)[C@@H](C)O)C(=O)NCC(=O)NCC(=O)O. The topological polar surface area (TPSA) is 380 Å². The van der Waals surface area contributed by atoms with Crippen LogP contribution in [0.3, 0.4) is 0 Å². The fourth-order valence-electron chi connectivity index (χ4n) is 6.34. The third kappa shape index (κ3) is 18.7. The lowest BCUT2D eigenvalue weighted by Crippen LogP contribution is -2.63. The van der Waals surface area contributed by atoms with Crippen molar-refractivity contribution in [3.05, 3.63) is 0 Å². The van der Waals surface area contributed by atoms with Crippen molar-refractivity contribution < 1.29 is 58.5 Å². The normalized spacial score (nSPS) is 18.1. The van der Waals surface area contributed by atoms with Gasteiger partial charge in [-0.1, -0.05) is 20.3 Å². The number of nitrogens with zero attached hydrogens (tertiary/aromatic N) is 1. The van der Waals surface area contributed by atoms with Gasteiger partial charge in [-0.25, -0.2) is 0 Å². The summed E-state index contributed by atoms with van der Waals surface area (Å²) < 4.78 is 0. The molecule has 1 fully saturated rings. The number of carboxylic acid groups (broad SMARTS) is 1. The Labute approximate surface area is 356 Å². The second-order valence-corrected chi connectivity index (χ2v) is 15.4. The van der Waals surface area contributed by atoms with Gasteiger partial charge in [-0.3, -0.25) is 43.2 Å². The van der Waals surface area contributed by atoms with Crippen molar-refractivity contribution in [2.24, 2.45) is 23.1 Å². The first-order valence-corrected chi connectivity index (χ1v) is 20.8. The summed E-state index contributed by atoms with van der Waals surface area (Å²) in [5.41, 5.74) is 16.9. The average molecular weight is 872 g/mol. The minimum absolute atomic E-state index is 0.0384. The maximum atomic E-state index is 14.0. The highest BCUT2D eigenvalue weighted by Crippen LogP contribution is 2.20. The van der Waals surface area contributed by atoms with E-state index in [0.717, 1.165) is 4.90 Å². The number of carbonyl (C=O) groups excluding carboxylic acids is 8. The summed E-state index contributed by atoms with van der Waals surface area (Å²) in [4.78, 5) is 118. The fourth-order valence-corrected chi connectivity index (χ4v) is 6.34. The van der Waals surface area contributed by atoms with Crippen molar-refractivity contribution in [3.63, 3.8) is 0 Å². The van der Waals surface area contributed by atoms with E-state index in [2.05, 4.69) is 37.2 Å². The Morgan fingerprint density at radius 2 is 1.18 bits per heavy atom. The van der Waals surface area contributed by atoms with Gasteiger partial charge in [0.15, 0.2) is 0 Å². The third-order valence-electron chi connectivity index (χ3n) is 10.2. The lowest BCUT2D eigenvalue weighted by atomic mass is 9.97. The van der Waals surface area contributed by atoms with Gasteiger partial charge in [0.2, 0.25) is 47.3 Å². The molecule has 10 atom stereocenters. The molecule has 1 saturated heterocycles. The summed E-state index contributed by atoms with van der Waals surface area (Å²) in [6, 6.07) is -8.88. The molecule has 16 N–H and O–H groups in total. The largest absolute Gasteiger partial charge is 0.480 e. The van der Waals surface area contributed by atoms with Gasteiger partial charge in [-0.2, -0.15) is 0 Å². The zero-order chi connectivity index (χ0) is 46.4. The van der Waals surface area contributed by atoms with Crippen molar-refractivity contribution in [3.8, 4) is 0 Å². The molecule has 0 spiro atoms.